The number of sulfone groups is 1. The molecule has 0 amide bonds. The lowest BCUT2D eigenvalue weighted by Crippen LogP contribution is -2.22. The van der Waals surface area contributed by atoms with Crippen molar-refractivity contribution in [3.05, 3.63) is 24.8 Å². The second-order valence-corrected chi connectivity index (χ2v) is 16.2. The molecule has 3 aromatic rings. The first kappa shape index (κ1) is 22.3. The van der Waals surface area contributed by atoms with Crippen LogP contribution in [0.3, 0.4) is 0 Å². The first-order valence-electron chi connectivity index (χ1n) is 9.60. The van der Waals surface area contributed by atoms with E-state index >= 15 is 0 Å². The summed E-state index contributed by atoms with van der Waals surface area (Å²) in [7, 11) is -0.918. The van der Waals surface area contributed by atoms with Crippen LogP contribution in [0.1, 0.15) is 0 Å². The van der Waals surface area contributed by atoms with Crippen molar-refractivity contribution < 1.29 is 13.2 Å². The fourth-order valence-corrected chi connectivity index (χ4v) is 4.22. The van der Waals surface area contributed by atoms with E-state index in [1.54, 1.807) is 6.07 Å². The van der Waals surface area contributed by atoms with Crippen molar-refractivity contribution in [2.75, 3.05) is 31.9 Å². The first-order chi connectivity index (χ1) is 14.0. The minimum absolute atomic E-state index is 0.212. The molecule has 0 fully saturated rings. The SMILES string of the molecule is CN(C)c1ncnc2c1c(-c1ccnc(S(C)(=O)=O)n1)cn2COCC[Si](C)(C)C. The Bertz CT molecular complexity index is 1150. The minimum Gasteiger partial charge on any atom is -0.362 e. The minimum atomic E-state index is -3.53. The van der Waals surface area contributed by atoms with E-state index in [0.29, 0.717) is 24.7 Å². The molecule has 0 unspecified atom stereocenters. The highest BCUT2D eigenvalue weighted by atomic mass is 32.2. The van der Waals surface area contributed by atoms with E-state index < -0.39 is 17.9 Å². The van der Waals surface area contributed by atoms with Crippen LogP contribution in [0.2, 0.25) is 25.7 Å². The van der Waals surface area contributed by atoms with Gasteiger partial charge in [0.1, 0.15) is 24.5 Å². The third-order valence-corrected chi connectivity index (χ3v) is 7.09. The molecule has 3 aromatic heterocycles. The van der Waals surface area contributed by atoms with Gasteiger partial charge in [-0.1, -0.05) is 19.6 Å². The summed E-state index contributed by atoms with van der Waals surface area (Å²) in [6.07, 6.45) is 5.94. The van der Waals surface area contributed by atoms with E-state index in [4.69, 9.17) is 4.74 Å². The summed E-state index contributed by atoms with van der Waals surface area (Å²) in [5, 5.41) is 0.574. The van der Waals surface area contributed by atoms with Crippen molar-refractivity contribution in [1.82, 2.24) is 24.5 Å². The highest BCUT2D eigenvalue weighted by Crippen LogP contribution is 2.34. The summed E-state index contributed by atoms with van der Waals surface area (Å²) >= 11 is 0. The molecule has 0 saturated carbocycles. The zero-order chi connectivity index (χ0) is 22.1. The van der Waals surface area contributed by atoms with Crippen molar-refractivity contribution in [3.8, 4) is 11.3 Å². The van der Waals surface area contributed by atoms with E-state index in [1.165, 1.54) is 12.5 Å². The van der Waals surface area contributed by atoms with Crippen molar-refractivity contribution in [3.63, 3.8) is 0 Å². The molecule has 0 aliphatic carbocycles. The Hall–Kier alpha value is -2.37. The normalized spacial score (nSPS) is 12.5. The van der Waals surface area contributed by atoms with Gasteiger partial charge in [0, 0.05) is 53.0 Å². The molecule has 0 bridgehead atoms. The van der Waals surface area contributed by atoms with Gasteiger partial charge >= 0.3 is 0 Å². The summed E-state index contributed by atoms with van der Waals surface area (Å²) < 4.78 is 31.7. The van der Waals surface area contributed by atoms with Crippen LogP contribution in [0.4, 0.5) is 5.82 Å². The fourth-order valence-electron chi connectivity index (χ4n) is 2.95. The Morgan fingerprint density at radius 2 is 1.90 bits per heavy atom. The Balaban J connectivity index is 2.08. The van der Waals surface area contributed by atoms with Gasteiger partial charge in [0.2, 0.25) is 15.0 Å². The molecule has 9 nitrogen and oxygen atoms in total. The molecule has 3 heterocycles. The van der Waals surface area contributed by atoms with Crippen molar-refractivity contribution in [2.45, 2.75) is 37.6 Å². The number of aromatic nitrogens is 5. The highest BCUT2D eigenvalue weighted by Gasteiger charge is 2.20. The summed E-state index contributed by atoms with van der Waals surface area (Å²) in [6.45, 7) is 7.96. The van der Waals surface area contributed by atoms with Crippen molar-refractivity contribution in [1.29, 1.82) is 0 Å². The Morgan fingerprint density at radius 1 is 1.17 bits per heavy atom. The predicted molar refractivity (Wildman–Crippen MR) is 120 cm³/mol. The van der Waals surface area contributed by atoms with E-state index in [9.17, 15) is 8.42 Å². The van der Waals surface area contributed by atoms with Gasteiger partial charge in [-0.05, 0) is 12.1 Å². The molecular weight excluding hydrogens is 420 g/mol. The van der Waals surface area contributed by atoms with Gasteiger partial charge in [0.25, 0.3) is 0 Å². The largest absolute Gasteiger partial charge is 0.362 e. The van der Waals surface area contributed by atoms with Gasteiger partial charge in [0.05, 0.1) is 11.1 Å². The molecule has 0 aromatic carbocycles. The van der Waals surface area contributed by atoms with Crippen molar-refractivity contribution >= 4 is 34.8 Å². The van der Waals surface area contributed by atoms with Crippen LogP contribution in [-0.4, -0.2) is 68.0 Å². The lowest BCUT2D eigenvalue weighted by atomic mass is 10.1. The molecule has 11 heteroatoms. The molecule has 0 spiro atoms. The van der Waals surface area contributed by atoms with E-state index in [0.717, 1.165) is 29.1 Å². The lowest BCUT2D eigenvalue weighted by molar-refractivity contribution is 0.0899. The number of hydrogen-bond acceptors (Lipinski definition) is 8. The Morgan fingerprint density at radius 3 is 2.53 bits per heavy atom. The summed E-state index contributed by atoms with van der Waals surface area (Å²) in [5.74, 6) is 0.718. The maximum absolute atomic E-state index is 11.9. The van der Waals surface area contributed by atoms with Crippen LogP contribution in [0.5, 0.6) is 0 Å². The monoisotopic (exact) mass is 448 g/mol. The van der Waals surface area contributed by atoms with Gasteiger partial charge in [-0.25, -0.2) is 28.4 Å². The van der Waals surface area contributed by atoms with E-state index in [-0.39, 0.29) is 5.16 Å². The Labute approximate surface area is 178 Å². The zero-order valence-corrected chi connectivity index (χ0v) is 20.1. The number of rotatable bonds is 8. The van der Waals surface area contributed by atoms with Gasteiger partial charge in [-0.2, -0.15) is 0 Å². The van der Waals surface area contributed by atoms with Crippen LogP contribution >= 0.6 is 0 Å². The fraction of sp³-hybridized carbons (Fsp3) is 0.474. The lowest BCUT2D eigenvalue weighted by Gasteiger charge is -2.16. The quantitative estimate of drug-likeness (QED) is 0.294. The summed E-state index contributed by atoms with van der Waals surface area (Å²) in [6, 6.07) is 2.76. The van der Waals surface area contributed by atoms with Crippen LogP contribution in [0.25, 0.3) is 22.3 Å². The maximum atomic E-state index is 11.9. The Kier molecular flexibility index (Phi) is 6.25. The highest BCUT2D eigenvalue weighted by molar-refractivity contribution is 7.90. The molecule has 0 saturated heterocycles. The van der Waals surface area contributed by atoms with E-state index in [1.807, 2.05) is 29.8 Å². The second-order valence-electron chi connectivity index (χ2n) is 8.65. The molecule has 0 aliphatic rings. The van der Waals surface area contributed by atoms with Crippen LogP contribution < -0.4 is 4.90 Å². The molecule has 162 valence electrons. The molecule has 0 radical (unpaired) electrons. The predicted octanol–water partition coefficient (Wildman–Crippen LogP) is 2.67. The summed E-state index contributed by atoms with van der Waals surface area (Å²) in [5.41, 5.74) is 1.93. The first-order valence-corrected chi connectivity index (χ1v) is 15.2. The molecular formula is C19H28N6O3SSi. The van der Waals surface area contributed by atoms with Gasteiger partial charge < -0.3 is 14.2 Å². The molecule has 0 N–H and O–H groups in total. The molecule has 30 heavy (non-hydrogen) atoms. The third-order valence-electron chi connectivity index (χ3n) is 4.53. The number of anilines is 1. The van der Waals surface area contributed by atoms with Crippen LogP contribution in [0, 0.1) is 0 Å². The van der Waals surface area contributed by atoms with Gasteiger partial charge in [0.15, 0.2) is 0 Å². The average Bonchev–Trinajstić information content (AvgIpc) is 3.02. The van der Waals surface area contributed by atoms with E-state index in [2.05, 4.69) is 39.6 Å². The number of nitrogens with zero attached hydrogens (tertiary/aromatic N) is 6. The smallest absolute Gasteiger partial charge is 0.247 e. The van der Waals surface area contributed by atoms with Gasteiger partial charge in [-0.3, -0.25) is 0 Å². The van der Waals surface area contributed by atoms with Crippen LogP contribution in [0.15, 0.2) is 29.9 Å². The van der Waals surface area contributed by atoms with Crippen LogP contribution in [-0.2, 0) is 21.3 Å². The zero-order valence-electron chi connectivity index (χ0n) is 18.2. The summed E-state index contributed by atoms with van der Waals surface area (Å²) in [4.78, 5) is 18.9. The van der Waals surface area contributed by atoms with Gasteiger partial charge in [-0.15, -0.1) is 0 Å². The molecule has 3 rings (SSSR count). The third kappa shape index (κ3) is 5.02. The number of fused-ring (bicyclic) bond motifs is 1. The topological polar surface area (TPSA) is 103 Å². The number of hydrogen-bond donors (Lipinski definition) is 0. The standard InChI is InChI=1S/C19H28N6O3SSi/c1-24(2)17-16-14(15-7-8-20-19(23-15)29(3,26)27)11-25(18(16)22-12-21-17)13-28-9-10-30(4,5)6/h7-8,11-12H,9-10,13H2,1-6H3. The average molecular weight is 449 g/mol. The molecule has 0 aliphatic heterocycles. The second kappa shape index (κ2) is 8.40. The number of ether oxygens (including phenoxy) is 1. The van der Waals surface area contributed by atoms with Crippen molar-refractivity contribution in [2.24, 2.45) is 0 Å². The maximum Gasteiger partial charge on any atom is 0.247 e. The molecule has 0 atom stereocenters.